The van der Waals surface area contributed by atoms with Gasteiger partial charge in [0.1, 0.15) is 11.8 Å². The highest BCUT2D eigenvalue weighted by Gasteiger charge is 2.15. The predicted octanol–water partition coefficient (Wildman–Crippen LogP) is 1.61. The summed E-state index contributed by atoms with van der Waals surface area (Å²) >= 11 is 0. The first-order valence-electron chi connectivity index (χ1n) is 4.74. The molecule has 0 fully saturated rings. The second-order valence-electron chi connectivity index (χ2n) is 3.09. The van der Waals surface area contributed by atoms with Crippen LogP contribution in [0, 0.1) is 0 Å². The van der Waals surface area contributed by atoms with Crippen molar-refractivity contribution in [1.82, 2.24) is 5.09 Å². The summed E-state index contributed by atoms with van der Waals surface area (Å²) in [5.41, 5.74) is 0. The molecule has 1 aromatic rings. The lowest BCUT2D eigenvalue weighted by atomic mass is 10.3. The number of rotatable bonds is 5. The first-order valence-corrected chi connectivity index (χ1v) is 6.06. The number of para-hydroxylation sites is 1. The fourth-order valence-corrected chi connectivity index (χ4v) is 1.92. The third-order valence-electron chi connectivity index (χ3n) is 1.84. The Morgan fingerprint density at radius 3 is 2.56 bits per heavy atom. The Morgan fingerprint density at radius 2 is 2.00 bits per heavy atom. The van der Waals surface area contributed by atoms with Crippen LogP contribution in [0.1, 0.15) is 6.92 Å². The molecule has 16 heavy (non-hydrogen) atoms. The lowest BCUT2D eigenvalue weighted by Gasteiger charge is -2.11. The van der Waals surface area contributed by atoms with E-state index in [2.05, 4.69) is 9.82 Å². The molecule has 2 atom stereocenters. The van der Waals surface area contributed by atoms with E-state index in [1.165, 1.54) is 7.11 Å². The van der Waals surface area contributed by atoms with Gasteiger partial charge in [0.05, 0.1) is 7.11 Å². The molecule has 1 N–H and O–H groups in total. The number of carbonyl (C=O) groups is 1. The average Bonchev–Trinajstić information content (AvgIpc) is 2.29. The van der Waals surface area contributed by atoms with Crippen molar-refractivity contribution in [2.75, 3.05) is 7.11 Å². The smallest absolute Gasteiger partial charge is 0.323 e. The number of hydrogen-bond acceptors (Lipinski definition) is 4. The van der Waals surface area contributed by atoms with Gasteiger partial charge in [0.2, 0.25) is 0 Å². The van der Waals surface area contributed by atoms with E-state index in [-0.39, 0.29) is 0 Å². The van der Waals surface area contributed by atoms with E-state index in [0.717, 1.165) is 0 Å². The Labute approximate surface area is 94.7 Å². The fourth-order valence-electron chi connectivity index (χ4n) is 1.04. The first-order chi connectivity index (χ1) is 7.63. The summed E-state index contributed by atoms with van der Waals surface area (Å²) in [6.45, 7) is 1.56. The minimum absolute atomic E-state index is 0.477. The number of methoxy groups -OCH3 is 1. The van der Waals surface area contributed by atoms with Crippen LogP contribution in [0.25, 0.3) is 0 Å². The molecule has 6 heteroatoms. The van der Waals surface area contributed by atoms with Crippen molar-refractivity contribution in [2.24, 2.45) is 0 Å². The molecule has 0 heterocycles. The van der Waals surface area contributed by atoms with E-state index < -0.39 is 20.2 Å². The predicted molar refractivity (Wildman–Crippen MR) is 60.7 cm³/mol. The Bertz CT molecular complexity index is 368. The van der Waals surface area contributed by atoms with Crippen molar-refractivity contribution in [3.05, 3.63) is 30.3 Å². The van der Waals surface area contributed by atoms with Crippen LogP contribution in [-0.4, -0.2) is 19.1 Å². The maximum Gasteiger partial charge on any atom is 0.323 e. The van der Waals surface area contributed by atoms with Crippen molar-refractivity contribution in [1.29, 1.82) is 0 Å². The van der Waals surface area contributed by atoms with E-state index in [1.807, 2.05) is 6.07 Å². The molecule has 1 rings (SSSR count). The third-order valence-corrected chi connectivity index (χ3v) is 2.93. The lowest BCUT2D eigenvalue weighted by molar-refractivity contribution is -0.142. The molecule has 0 saturated heterocycles. The second-order valence-corrected chi connectivity index (χ2v) is 4.16. The zero-order chi connectivity index (χ0) is 12.0. The van der Waals surface area contributed by atoms with E-state index in [9.17, 15) is 9.36 Å². The van der Waals surface area contributed by atoms with Crippen LogP contribution in [0.2, 0.25) is 0 Å². The minimum atomic E-state index is -2.50. The van der Waals surface area contributed by atoms with Gasteiger partial charge in [-0.05, 0) is 19.1 Å². The largest absolute Gasteiger partial charge is 0.468 e. The molecular formula is C10H14NO4P. The topological polar surface area (TPSA) is 64.6 Å². The second kappa shape index (κ2) is 6.30. The molecule has 0 saturated carbocycles. The van der Waals surface area contributed by atoms with Crippen LogP contribution in [0.15, 0.2) is 30.3 Å². The summed E-state index contributed by atoms with van der Waals surface area (Å²) < 4.78 is 21.1. The fraction of sp³-hybridized carbons (Fsp3) is 0.300. The molecule has 2 unspecified atom stereocenters. The van der Waals surface area contributed by atoms with Gasteiger partial charge in [-0.2, -0.15) is 0 Å². The van der Waals surface area contributed by atoms with Gasteiger partial charge in [0, 0.05) is 0 Å². The highest BCUT2D eigenvalue weighted by atomic mass is 31.1. The monoisotopic (exact) mass is 243 g/mol. The average molecular weight is 243 g/mol. The van der Waals surface area contributed by atoms with Gasteiger partial charge in [0.15, 0.2) is 0 Å². The van der Waals surface area contributed by atoms with Crippen molar-refractivity contribution in [3.8, 4) is 5.75 Å². The van der Waals surface area contributed by atoms with E-state index in [4.69, 9.17) is 4.52 Å². The van der Waals surface area contributed by atoms with Crippen LogP contribution in [-0.2, 0) is 14.1 Å². The Balaban J connectivity index is 2.45. The van der Waals surface area contributed by atoms with Gasteiger partial charge < -0.3 is 9.26 Å². The number of benzene rings is 1. The van der Waals surface area contributed by atoms with Gasteiger partial charge >= 0.3 is 14.1 Å². The molecule has 0 aliphatic rings. The molecule has 0 aromatic heterocycles. The van der Waals surface area contributed by atoms with Gasteiger partial charge in [-0.15, -0.1) is 0 Å². The summed E-state index contributed by atoms with van der Waals surface area (Å²) in [6, 6.07) is 8.09. The van der Waals surface area contributed by atoms with Crippen molar-refractivity contribution in [2.45, 2.75) is 13.0 Å². The summed E-state index contributed by atoms with van der Waals surface area (Å²) in [5.74, 6) is 0.0194. The quantitative estimate of drug-likeness (QED) is 0.628. The third kappa shape index (κ3) is 4.04. The Hall–Kier alpha value is -1.32. The van der Waals surface area contributed by atoms with Gasteiger partial charge in [-0.25, -0.2) is 5.09 Å². The zero-order valence-corrected chi connectivity index (χ0v) is 10.1. The number of esters is 1. The Kier molecular flexibility index (Phi) is 5.02. The van der Waals surface area contributed by atoms with Gasteiger partial charge in [0.25, 0.3) is 0 Å². The maximum absolute atomic E-state index is 11.5. The van der Waals surface area contributed by atoms with Crippen molar-refractivity contribution >= 4 is 14.1 Å². The molecule has 0 spiro atoms. The molecule has 5 nitrogen and oxygen atoms in total. The lowest BCUT2D eigenvalue weighted by Crippen LogP contribution is -2.30. The molecule has 0 radical (unpaired) electrons. The number of hydrogen-bond donors (Lipinski definition) is 1. The van der Waals surface area contributed by atoms with E-state index in [0.29, 0.717) is 5.75 Å². The van der Waals surface area contributed by atoms with Crippen LogP contribution < -0.4 is 9.61 Å². The van der Waals surface area contributed by atoms with Crippen LogP contribution >= 0.6 is 8.18 Å². The van der Waals surface area contributed by atoms with Gasteiger partial charge in [-0.3, -0.25) is 9.36 Å². The summed E-state index contributed by atoms with van der Waals surface area (Å²) in [4.78, 5) is 11.0. The van der Waals surface area contributed by atoms with Crippen molar-refractivity contribution in [3.63, 3.8) is 0 Å². The minimum Gasteiger partial charge on any atom is -0.468 e. The Morgan fingerprint density at radius 1 is 1.38 bits per heavy atom. The highest BCUT2D eigenvalue weighted by molar-refractivity contribution is 7.37. The summed E-state index contributed by atoms with van der Waals surface area (Å²) in [7, 11) is -1.22. The number of carbonyl (C=O) groups excluding carboxylic acids is 1. The van der Waals surface area contributed by atoms with Crippen LogP contribution in [0.5, 0.6) is 5.75 Å². The number of nitrogens with one attached hydrogen (secondary N) is 1. The standard InChI is InChI=1S/C10H14NO4P/c1-8(10(12)14-2)11-16(13)15-9-6-4-3-5-7-9/h3-8,16H,1-2H3,(H,11,13). The number of ether oxygens (including phenoxy) is 1. The molecular weight excluding hydrogens is 229 g/mol. The molecule has 1 aromatic carbocycles. The van der Waals surface area contributed by atoms with Gasteiger partial charge in [-0.1, -0.05) is 18.2 Å². The van der Waals surface area contributed by atoms with E-state index in [1.54, 1.807) is 31.2 Å². The highest BCUT2D eigenvalue weighted by Crippen LogP contribution is 2.23. The first kappa shape index (κ1) is 12.7. The molecule has 0 amide bonds. The zero-order valence-electron chi connectivity index (χ0n) is 9.10. The maximum atomic E-state index is 11.5. The molecule has 0 aliphatic carbocycles. The van der Waals surface area contributed by atoms with Crippen LogP contribution in [0.4, 0.5) is 0 Å². The summed E-state index contributed by atoms with van der Waals surface area (Å²) in [6.07, 6.45) is 0. The summed E-state index contributed by atoms with van der Waals surface area (Å²) in [5, 5.41) is 2.53. The van der Waals surface area contributed by atoms with Crippen LogP contribution in [0.3, 0.4) is 0 Å². The molecule has 0 bridgehead atoms. The molecule has 88 valence electrons. The normalized spacial score (nSPS) is 13.9. The van der Waals surface area contributed by atoms with Crippen molar-refractivity contribution < 1.29 is 18.6 Å². The SMILES string of the molecule is COC(=O)C(C)N[PH](=O)Oc1ccccc1. The van der Waals surface area contributed by atoms with E-state index >= 15 is 0 Å². The molecule has 0 aliphatic heterocycles.